The van der Waals surface area contributed by atoms with Gasteiger partial charge in [-0.25, -0.2) is 13.9 Å². The van der Waals surface area contributed by atoms with E-state index < -0.39 is 0 Å². The molecular weight excluding hydrogens is 527 g/mol. The monoisotopic (exact) mass is 562 g/mol. The Kier molecular flexibility index (Phi) is 8.66. The summed E-state index contributed by atoms with van der Waals surface area (Å²) in [5.74, 6) is -0.222. The second-order valence-electron chi connectivity index (χ2n) is 10.5. The topological polar surface area (TPSA) is 65.8 Å². The van der Waals surface area contributed by atoms with Gasteiger partial charge in [0.25, 0.3) is 0 Å². The molecule has 7 nitrogen and oxygen atoms in total. The fourth-order valence-electron chi connectivity index (χ4n) is 5.54. The number of rotatable bonds is 9. The number of fused-ring (bicyclic) bond motifs is 1. The number of aryl methyl sites for hydroxylation is 3. The molecule has 1 fully saturated rings. The average molecular weight is 563 g/mol. The minimum absolute atomic E-state index is 0.0494. The lowest BCUT2D eigenvalue weighted by atomic mass is 10.0. The van der Waals surface area contributed by atoms with Crippen LogP contribution in [0.15, 0.2) is 48.5 Å². The Labute approximate surface area is 240 Å². The van der Waals surface area contributed by atoms with E-state index in [4.69, 9.17) is 21.7 Å². The lowest BCUT2D eigenvalue weighted by molar-refractivity contribution is -0.121. The van der Waals surface area contributed by atoms with Crippen LogP contribution in [0.25, 0.3) is 16.8 Å². The molecule has 5 rings (SSSR count). The van der Waals surface area contributed by atoms with Crippen molar-refractivity contribution in [3.05, 3.63) is 82.0 Å². The molecule has 0 saturated carbocycles. The van der Waals surface area contributed by atoms with Crippen molar-refractivity contribution < 1.29 is 9.18 Å². The van der Waals surface area contributed by atoms with E-state index in [1.54, 1.807) is 12.1 Å². The highest BCUT2D eigenvalue weighted by atomic mass is 35.5. The third-order valence-electron chi connectivity index (χ3n) is 7.75. The summed E-state index contributed by atoms with van der Waals surface area (Å²) in [7, 11) is 0. The van der Waals surface area contributed by atoms with E-state index in [1.807, 2.05) is 43.5 Å². The van der Waals surface area contributed by atoms with E-state index in [-0.39, 0.29) is 11.7 Å². The number of anilines is 1. The van der Waals surface area contributed by atoms with Gasteiger partial charge in [-0.05, 0) is 81.6 Å². The van der Waals surface area contributed by atoms with Crippen molar-refractivity contribution in [2.75, 3.05) is 44.2 Å². The Balaban J connectivity index is 1.10. The van der Waals surface area contributed by atoms with Crippen molar-refractivity contribution >= 4 is 28.8 Å². The first kappa shape index (κ1) is 28.1. The number of nitrogens with zero attached hydrogens (tertiary/aromatic N) is 5. The molecule has 9 heteroatoms. The molecule has 40 heavy (non-hydrogen) atoms. The van der Waals surface area contributed by atoms with Gasteiger partial charge in [-0.2, -0.15) is 5.10 Å². The first-order chi connectivity index (χ1) is 19.3. The van der Waals surface area contributed by atoms with Gasteiger partial charge in [0.2, 0.25) is 5.91 Å². The molecule has 210 valence electrons. The van der Waals surface area contributed by atoms with E-state index in [2.05, 4.69) is 21.2 Å². The molecule has 4 aromatic rings. The van der Waals surface area contributed by atoms with Gasteiger partial charge in [-0.15, -0.1) is 0 Å². The van der Waals surface area contributed by atoms with E-state index >= 15 is 0 Å². The molecule has 0 radical (unpaired) electrons. The quantitative estimate of drug-likeness (QED) is 0.278. The van der Waals surface area contributed by atoms with Gasteiger partial charge in [0.15, 0.2) is 5.65 Å². The summed E-state index contributed by atoms with van der Waals surface area (Å²) in [5.41, 5.74) is 7.45. The zero-order chi connectivity index (χ0) is 28.2. The Morgan fingerprint density at radius 2 is 1.77 bits per heavy atom. The van der Waals surface area contributed by atoms with E-state index in [9.17, 15) is 9.18 Å². The summed E-state index contributed by atoms with van der Waals surface area (Å²) >= 11 is 6.14. The van der Waals surface area contributed by atoms with Gasteiger partial charge in [-0.1, -0.05) is 29.8 Å². The highest BCUT2D eigenvalue weighted by Crippen LogP contribution is 2.29. The Morgan fingerprint density at radius 1 is 1.02 bits per heavy atom. The normalized spacial score (nSPS) is 14.2. The Morgan fingerprint density at radius 3 is 2.50 bits per heavy atom. The van der Waals surface area contributed by atoms with Crippen LogP contribution in [0.5, 0.6) is 0 Å². The van der Waals surface area contributed by atoms with Crippen molar-refractivity contribution in [3.8, 4) is 11.1 Å². The largest absolute Gasteiger partial charge is 0.369 e. The van der Waals surface area contributed by atoms with Crippen LogP contribution in [0.2, 0.25) is 5.02 Å². The van der Waals surface area contributed by atoms with Crippen LogP contribution >= 0.6 is 11.6 Å². The number of hydrogen-bond donors (Lipinski definition) is 1. The standard InChI is InChI=1S/C31H36ClFN6O/c1-21-28(23(3)39-31(35-21)30(22(2)36-39)24-8-10-26(33)11-9-24)12-13-29(40)34-14-5-15-37-16-18-38(19-17-37)27-7-4-6-25(32)20-27/h4,6-11,20H,5,12-19H2,1-3H3,(H,34,40). The third kappa shape index (κ3) is 6.29. The lowest BCUT2D eigenvalue weighted by Crippen LogP contribution is -2.47. The first-order valence-corrected chi connectivity index (χ1v) is 14.3. The number of carbonyl (C=O) groups excluding carboxylic acids is 1. The molecular formula is C31H36ClFN6O. The Bertz CT molecular complexity index is 1490. The van der Waals surface area contributed by atoms with Crippen LogP contribution in [0, 0.1) is 26.6 Å². The molecule has 0 unspecified atom stereocenters. The molecule has 1 N–H and O–H groups in total. The zero-order valence-corrected chi connectivity index (χ0v) is 24.1. The van der Waals surface area contributed by atoms with Crippen molar-refractivity contribution in [2.45, 2.75) is 40.0 Å². The smallest absolute Gasteiger partial charge is 0.220 e. The Hall–Kier alpha value is -3.49. The number of amides is 1. The number of benzene rings is 2. The SMILES string of the molecule is Cc1nc2c(-c3ccc(F)cc3)c(C)nn2c(C)c1CCC(=O)NCCCN1CCN(c2cccc(Cl)c2)CC1. The fraction of sp³-hybridized carbons (Fsp3) is 0.387. The molecule has 0 aliphatic carbocycles. The van der Waals surface area contributed by atoms with Gasteiger partial charge >= 0.3 is 0 Å². The first-order valence-electron chi connectivity index (χ1n) is 13.9. The van der Waals surface area contributed by atoms with Gasteiger partial charge in [-0.3, -0.25) is 9.69 Å². The maximum Gasteiger partial charge on any atom is 0.220 e. The summed E-state index contributed by atoms with van der Waals surface area (Å²) < 4.78 is 15.3. The third-order valence-corrected chi connectivity index (χ3v) is 7.99. The van der Waals surface area contributed by atoms with Gasteiger partial charge in [0.1, 0.15) is 5.82 Å². The van der Waals surface area contributed by atoms with E-state index in [0.717, 1.165) is 83.6 Å². The van der Waals surface area contributed by atoms with E-state index in [1.165, 1.54) is 17.8 Å². The number of hydrogen-bond acceptors (Lipinski definition) is 5. The van der Waals surface area contributed by atoms with Crippen molar-refractivity contribution in [3.63, 3.8) is 0 Å². The molecule has 1 aliphatic heterocycles. The molecule has 1 aliphatic rings. The van der Waals surface area contributed by atoms with Crippen molar-refractivity contribution in [1.29, 1.82) is 0 Å². The molecule has 1 saturated heterocycles. The second-order valence-corrected chi connectivity index (χ2v) is 10.9. The van der Waals surface area contributed by atoms with Crippen LogP contribution < -0.4 is 10.2 Å². The molecule has 2 aromatic carbocycles. The van der Waals surface area contributed by atoms with Crippen molar-refractivity contribution in [2.24, 2.45) is 0 Å². The number of piperazine rings is 1. The molecule has 0 atom stereocenters. The summed E-state index contributed by atoms with van der Waals surface area (Å²) in [6.45, 7) is 11.5. The summed E-state index contributed by atoms with van der Waals surface area (Å²) in [6, 6.07) is 14.4. The van der Waals surface area contributed by atoms with Crippen LogP contribution in [0.4, 0.5) is 10.1 Å². The summed E-state index contributed by atoms with van der Waals surface area (Å²) in [5, 5.41) is 8.57. The number of halogens is 2. The van der Waals surface area contributed by atoms with Gasteiger partial charge < -0.3 is 10.2 Å². The minimum atomic E-state index is -0.272. The summed E-state index contributed by atoms with van der Waals surface area (Å²) in [4.78, 5) is 22.3. The van der Waals surface area contributed by atoms with Crippen LogP contribution in [-0.2, 0) is 11.2 Å². The predicted molar refractivity (Wildman–Crippen MR) is 159 cm³/mol. The second kappa shape index (κ2) is 12.4. The van der Waals surface area contributed by atoms with Crippen LogP contribution in [-0.4, -0.2) is 64.7 Å². The highest BCUT2D eigenvalue weighted by molar-refractivity contribution is 6.30. The predicted octanol–water partition coefficient (Wildman–Crippen LogP) is 5.38. The molecule has 2 aromatic heterocycles. The molecule has 0 bridgehead atoms. The fourth-order valence-corrected chi connectivity index (χ4v) is 5.73. The number of nitrogens with one attached hydrogen (secondary N) is 1. The maximum absolute atomic E-state index is 13.5. The molecule has 0 spiro atoms. The van der Waals surface area contributed by atoms with E-state index in [0.29, 0.717) is 19.4 Å². The number of carbonyl (C=O) groups is 1. The van der Waals surface area contributed by atoms with Crippen molar-refractivity contribution in [1.82, 2.24) is 24.8 Å². The lowest BCUT2D eigenvalue weighted by Gasteiger charge is -2.36. The van der Waals surface area contributed by atoms with Crippen LogP contribution in [0.3, 0.4) is 0 Å². The zero-order valence-electron chi connectivity index (χ0n) is 23.4. The number of aromatic nitrogens is 3. The highest BCUT2D eigenvalue weighted by Gasteiger charge is 2.19. The van der Waals surface area contributed by atoms with Gasteiger partial charge in [0.05, 0.1) is 5.69 Å². The van der Waals surface area contributed by atoms with Crippen LogP contribution in [0.1, 0.15) is 35.5 Å². The minimum Gasteiger partial charge on any atom is -0.369 e. The summed E-state index contributed by atoms with van der Waals surface area (Å²) in [6.07, 6.45) is 1.92. The maximum atomic E-state index is 13.5. The molecule has 1 amide bonds. The van der Waals surface area contributed by atoms with Gasteiger partial charge in [0, 0.05) is 66.8 Å². The molecule has 3 heterocycles. The average Bonchev–Trinajstić information content (AvgIpc) is 3.27.